The van der Waals surface area contributed by atoms with E-state index in [-0.39, 0.29) is 18.3 Å². The number of halogens is 1. The fourth-order valence-electron chi connectivity index (χ4n) is 4.68. The Balaban J connectivity index is 0.00000120. The second kappa shape index (κ2) is 5.38. The lowest BCUT2D eigenvalue weighted by atomic mass is 9.54. The average Bonchev–Trinajstić information content (AvgIpc) is 2.21. The molecule has 18 heavy (non-hydrogen) atoms. The summed E-state index contributed by atoms with van der Waals surface area (Å²) in [6.07, 6.45) is 6.98. The summed E-state index contributed by atoms with van der Waals surface area (Å²) in [7, 11) is 3.91. The predicted octanol–water partition coefficient (Wildman–Crippen LogP) is 1.91. The Morgan fingerprint density at radius 2 is 1.56 bits per heavy atom. The maximum Gasteiger partial charge on any atom is 0.234 e. The first-order valence-electron chi connectivity index (χ1n) is 7.06. The molecule has 104 valence electrons. The number of carbonyl (C=O) groups excluding carboxylic acids is 1. The predicted molar refractivity (Wildman–Crippen MR) is 74.8 cm³/mol. The van der Waals surface area contributed by atoms with E-state index in [4.69, 9.17) is 0 Å². The van der Waals surface area contributed by atoms with Crippen molar-refractivity contribution in [2.75, 3.05) is 20.6 Å². The number of carbonyl (C=O) groups is 1. The van der Waals surface area contributed by atoms with Crippen molar-refractivity contribution in [3.05, 3.63) is 0 Å². The van der Waals surface area contributed by atoms with Crippen molar-refractivity contribution in [3.63, 3.8) is 0 Å². The number of nitrogens with zero attached hydrogens (tertiary/aromatic N) is 1. The third-order valence-electron chi connectivity index (χ3n) is 5.01. The molecular weight excluding hydrogens is 248 g/mol. The molecule has 4 fully saturated rings. The van der Waals surface area contributed by atoms with Gasteiger partial charge in [-0.1, -0.05) is 0 Å². The highest BCUT2D eigenvalue weighted by Crippen LogP contribution is 2.53. The standard InChI is InChI=1S/C14H24N2O.ClH/c1-16(2)8-13(17)15-14-11-4-9-3-10(6-11)7-12(14)5-9;/h9-12,14H,3-8H2,1-2H3,(H,15,17);1H. The molecule has 0 unspecified atom stereocenters. The van der Waals surface area contributed by atoms with Crippen molar-refractivity contribution in [2.45, 2.75) is 38.1 Å². The minimum atomic E-state index is 0. The number of hydrogen-bond acceptors (Lipinski definition) is 2. The van der Waals surface area contributed by atoms with Crippen LogP contribution in [0, 0.1) is 23.7 Å². The molecule has 1 N–H and O–H groups in total. The molecule has 0 radical (unpaired) electrons. The van der Waals surface area contributed by atoms with Crippen LogP contribution in [0.3, 0.4) is 0 Å². The van der Waals surface area contributed by atoms with Crippen molar-refractivity contribution in [2.24, 2.45) is 23.7 Å². The fraction of sp³-hybridized carbons (Fsp3) is 0.929. The van der Waals surface area contributed by atoms with Crippen molar-refractivity contribution in [1.82, 2.24) is 10.2 Å². The fourth-order valence-corrected chi connectivity index (χ4v) is 4.68. The lowest BCUT2D eigenvalue weighted by molar-refractivity contribution is -0.125. The van der Waals surface area contributed by atoms with Gasteiger partial charge in [0.1, 0.15) is 0 Å². The monoisotopic (exact) mass is 272 g/mol. The molecular formula is C14H25ClN2O. The second-order valence-corrected chi connectivity index (χ2v) is 6.76. The van der Waals surface area contributed by atoms with Crippen LogP contribution in [0.5, 0.6) is 0 Å². The Kier molecular flexibility index (Phi) is 4.22. The summed E-state index contributed by atoms with van der Waals surface area (Å²) in [6.45, 7) is 0.531. The Morgan fingerprint density at radius 3 is 2.00 bits per heavy atom. The van der Waals surface area contributed by atoms with E-state index in [0.29, 0.717) is 12.6 Å². The minimum absolute atomic E-state index is 0. The van der Waals surface area contributed by atoms with Crippen LogP contribution in [0.25, 0.3) is 0 Å². The molecule has 4 bridgehead atoms. The average molecular weight is 273 g/mol. The van der Waals surface area contributed by atoms with E-state index in [1.165, 1.54) is 32.1 Å². The molecule has 4 rings (SSSR count). The molecule has 0 aromatic heterocycles. The first kappa shape index (κ1) is 14.1. The summed E-state index contributed by atoms with van der Waals surface area (Å²) in [6, 6.07) is 0.496. The molecule has 3 nitrogen and oxygen atoms in total. The Bertz CT molecular complexity index is 291. The smallest absolute Gasteiger partial charge is 0.234 e. The van der Waals surface area contributed by atoms with Gasteiger partial charge in [-0.25, -0.2) is 0 Å². The van der Waals surface area contributed by atoms with Crippen LogP contribution < -0.4 is 5.32 Å². The van der Waals surface area contributed by atoms with Gasteiger partial charge in [-0.15, -0.1) is 12.4 Å². The van der Waals surface area contributed by atoms with Crippen LogP contribution in [-0.4, -0.2) is 37.5 Å². The first-order valence-corrected chi connectivity index (χ1v) is 7.06. The second-order valence-electron chi connectivity index (χ2n) is 6.76. The Labute approximate surface area is 116 Å². The van der Waals surface area contributed by atoms with Crippen molar-refractivity contribution in [3.8, 4) is 0 Å². The summed E-state index contributed by atoms with van der Waals surface area (Å²) < 4.78 is 0. The third kappa shape index (κ3) is 2.67. The summed E-state index contributed by atoms with van der Waals surface area (Å²) >= 11 is 0. The quantitative estimate of drug-likeness (QED) is 0.851. The molecule has 4 heteroatoms. The van der Waals surface area contributed by atoms with Gasteiger partial charge in [0.05, 0.1) is 6.54 Å². The number of hydrogen-bond donors (Lipinski definition) is 1. The van der Waals surface area contributed by atoms with Gasteiger partial charge in [0.25, 0.3) is 0 Å². The van der Waals surface area contributed by atoms with Gasteiger partial charge < -0.3 is 10.2 Å². The maximum absolute atomic E-state index is 11.9. The third-order valence-corrected chi connectivity index (χ3v) is 5.01. The molecule has 0 aromatic rings. The van der Waals surface area contributed by atoms with Crippen molar-refractivity contribution < 1.29 is 4.79 Å². The number of amides is 1. The van der Waals surface area contributed by atoms with Crippen LogP contribution in [0.1, 0.15) is 32.1 Å². The zero-order valence-electron chi connectivity index (χ0n) is 11.4. The summed E-state index contributed by atoms with van der Waals surface area (Å²) in [5.41, 5.74) is 0. The van der Waals surface area contributed by atoms with E-state index < -0.39 is 0 Å². The molecule has 4 aliphatic carbocycles. The van der Waals surface area contributed by atoms with Crippen LogP contribution in [0.4, 0.5) is 0 Å². The van der Waals surface area contributed by atoms with Crippen LogP contribution in [0.2, 0.25) is 0 Å². The van der Waals surface area contributed by atoms with Gasteiger partial charge in [0.2, 0.25) is 5.91 Å². The number of rotatable bonds is 3. The molecule has 4 saturated carbocycles. The topological polar surface area (TPSA) is 32.3 Å². The molecule has 0 spiro atoms. The Hall–Kier alpha value is -0.280. The molecule has 0 atom stereocenters. The van der Waals surface area contributed by atoms with Crippen molar-refractivity contribution >= 4 is 18.3 Å². The lowest BCUT2D eigenvalue weighted by Gasteiger charge is -2.54. The van der Waals surface area contributed by atoms with E-state index in [1.54, 1.807) is 0 Å². The van der Waals surface area contributed by atoms with Gasteiger partial charge in [-0.2, -0.15) is 0 Å². The highest BCUT2D eigenvalue weighted by atomic mass is 35.5. The molecule has 0 aliphatic heterocycles. The van der Waals surface area contributed by atoms with E-state index in [0.717, 1.165) is 23.7 Å². The minimum Gasteiger partial charge on any atom is -0.352 e. The van der Waals surface area contributed by atoms with Gasteiger partial charge in [0.15, 0.2) is 0 Å². The zero-order valence-corrected chi connectivity index (χ0v) is 12.2. The lowest BCUT2D eigenvalue weighted by Crippen LogP contribution is -2.56. The van der Waals surface area contributed by atoms with Crippen LogP contribution >= 0.6 is 12.4 Å². The molecule has 0 aromatic carbocycles. The molecule has 0 heterocycles. The highest BCUT2D eigenvalue weighted by molar-refractivity contribution is 5.85. The summed E-state index contributed by atoms with van der Waals surface area (Å²) in [5, 5.41) is 3.31. The molecule has 0 saturated heterocycles. The van der Waals surface area contributed by atoms with E-state index in [1.807, 2.05) is 19.0 Å². The van der Waals surface area contributed by atoms with Gasteiger partial charge in [-0.05, 0) is 69.9 Å². The van der Waals surface area contributed by atoms with Crippen LogP contribution in [-0.2, 0) is 4.79 Å². The maximum atomic E-state index is 11.9. The van der Waals surface area contributed by atoms with Crippen molar-refractivity contribution in [1.29, 1.82) is 0 Å². The first-order chi connectivity index (χ1) is 8.11. The SMILES string of the molecule is CN(C)CC(=O)NC1C2CC3CC(C2)CC1C3.Cl. The molecule has 1 amide bonds. The van der Waals surface area contributed by atoms with Gasteiger partial charge in [0, 0.05) is 6.04 Å². The van der Waals surface area contributed by atoms with Gasteiger partial charge >= 0.3 is 0 Å². The van der Waals surface area contributed by atoms with E-state index in [9.17, 15) is 4.79 Å². The molecule has 4 aliphatic rings. The van der Waals surface area contributed by atoms with E-state index in [2.05, 4.69) is 5.32 Å². The number of nitrogens with one attached hydrogen (secondary N) is 1. The van der Waals surface area contributed by atoms with Gasteiger partial charge in [-0.3, -0.25) is 4.79 Å². The Morgan fingerprint density at radius 1 is 1.06 bits per heavy atom. The van der Waals surface area contributed by atoms with E-state index >= 15 is 0 Å². The highest BCUT2D eigenvalue weighted by Gasteiger charge is 2.48. The summed E-state index contributed by atoms with van der Waals surface area (Å²) in [5.74, 6) is 3.76. The largest absolute Gasteiger partial charge is 0.352 e. The normalized spacial score (nSPS) is 40.7. The number of likely N-dealkylation sites (N-methyl/N-ethyl adjacent to an activating group) is 1. The zero-order chi connectivity index (χ0) is 12.0. The summed E-state index contributed by atoms with van der Waals surface area (Å²) in [4.78, 5) is 13.8. The van der Waals surface area contributed by atoms with Crippen LogP contribution in [0.15, 0.2) is 0 Å².